The molecule has 302 valence electrons. The van der Waals surface area contributed by atoms with E-state index in [0.29, 0.717) is 21.9 Å². The van der Waals surface area contributed by atoms with Gasteiger partial charge in [0.2, 0.25) is 0 Å². The number of aromatic hydroxyl groups is 2. The Morgan fingerprint density at radius 3 is 1.18 bits per heavy atom. The highest BCUT2D eigenvalue weighted by Crippen LogP contribution is 2.47. The number of fused-ring (bicyclic) bond motifs is 3. The number of phenolic OH excluding ortho intramolecular Hbond substituents is 2. The van der Waals surface area contributed by atoms with Crippen molar-refractivity contribution in [2.24, 2.45) is 0 Å². The zero-order valence-corrected chi connectivity index (χ0v) is 34.2. The SMILES string of the molecule is CN(c1ccccc1)c1ccc(N(c2ccccc2)c2cc(O)c3oc4c(O)cc(N(c5ccccc5)c5ccc(N(C6=CC=CCC6)c6ccccc6)cc5)cc4c3c2)cc1. The smallest absolute Gasteiger partial charge is 0.177 e. The van der Waals surface area contributed by atoms with Gasteiger partial charge in [0.1, 0.15) is 0 Å². The fraction of sp³-hybridized carbons (Fsp3) is 0.0545. The number of furan rings is 1. The fourth-order valence-electron chi connectivity index (χ4n) is 8.43. The van der Waals surface area contributed by atoms with Gasteiger partial charge in [0.05, 0.1) is 11.4 Å². The van der Waals surface area contributed by atoms with Crippen molar-refractivity contribution >= 4 is 78.8 Å². The molecule has 0 spiro atoms. The van der Waals surface area contributed by atoms with E-state index in [9.17, 15) is 10.2 Å². The molecule has 0 aliphatic heterocycles. The average Bonchev–Trinajstić information content (AvgIpc) is 3.71. The summed E-state index contributed by atoms with van der Waals surface area (Å²) in [7, 11) is 2.06. The van der Waals surface area contributed by atoms with Gasteiger partial charge in [-0.2, -0.15) is 0 Å². The van der Waals surface area contributed by atoms with Crippen molar-refractivity contribution in [2.75, 3.05) is 26.6 Å². The van der Waals surface area contributed by atoms with E-state index in [1.165, 1.54) is 5.70 Å². The summed E-state index contributed by atoms with van der Waals surface area (Å²) in [6.45, 7) is 0. The third-order valence-electron chi connectivity index (χ3n) is 11.4. The summed E-state index contributed by atoms with van der Waals surface area (Å²) in [4.78, 5) is 8.71. The number of rotatable bonds is 11. The Balaban J connectivity index is 1.07. The molecule has 0 saturated carbocycles. The summed E-state index contributed by atoms with van der Waals surface area (Å²) in [6.07, 6.45) is 8.47. The monoisotopic (exact) mass is 808 g/mol. The maximum Gasteiger partial charge on any atom is 0.177 e. The van der Waals surface area contributed by atoms with Gasteiger partial charge in [0, 0.05) is 81.1 Å². The second-order valence-electron chi connectivity index (χ2n) is 15.4. The lowest BCUT2D eigenvalue weighted by atomic mass is 10.1. The first kappa shape index (κ1) is 38.1. The Labute approximate surface area is 361 Å². The van der Waals surface area contributed by atoms with Crippen molar-refractivity contribution in [3.05, 3.63) is 218 Å². The van der Waals surface area contributed by atoms with Gasteiger partial charge in [-0.1, -0.05) is 84.9 Å². The first-order chi connectivity index (χ1) is 30.5. The van der Waals surface area contributed by atoms with E-state index >= 15 is 0 Å². The number of para-hydroxylation sites is 4. The second-order valence-corrected chi connectivity index (χ2v) is 15.4. The summed E-state index contributed by atoms with van der Waals surface area (Å²) in [5, 5.41) is 24.8. The normalized spacial score (nSPS) is 12.3. The lowest BCUT2D eigenvalue weighted by Gasteiger charge is -2.30. The molecule has 0 atom stereocenters. The zero-order chi connectivity index (χ0) is 42.0. The Morgan fingerprint density at radius 1 is 0.403 bits per heavy atom. The molecule has 7 heteroatoms. The number of benzene rings is 8. The highest BCUT2D eigenvalue weighted by molar-refractivity contribution is 6.11. The largest absolute Gasteiger partial charge is 0.504 e. The summed E-state index contributed by atoms with van der Waals surface area (Å²) in [5.41, 5.74) is 11.3. The molecule has 62 heavy (non-hydrogen) atoms. The summed E-state index contributed by atoms with van der Waals surface area (Å²) >= 11 is 0. The van der Waals surface area contributed by atoms with Crippen LogP contribution in [0.15, 0.2) is 222 Å². The molecule has 1 aliphatic rings. The number of hydrogen-bond acceptors (Lipinski definition) is 7. The number of phenols is 2. The van der Waals surface area contributed by atoms with Crippen LogP contribution in [0.5, 0.6) is 11.5 Å². The van der Waals surface area contributed by atoms with Crippen LogP contribution in [0.25, 0.3) is 21.9 Å². The molecule has 8 aromatic carbocycles. The van der Waals surface area contributed by atoms with Crippen LogP contribution in [0.3, 0.4) is 0 Å². The van der Waals surface area contributed by atoms with Crippen LogP contribution in [0.2, 0.25) is 0 Å². The number of nitrogens with zero attached hydrogens (tertiary/aromatic N) is 4. The standard InChI is InChI=1S/C55H44N4O3/c1-56(39-17-7-2-8-18-39)40-27-29-46(30-28-40)58(43-23-13-5-14-24-43)48-35-50-51-36-49(38-53(61)55(51)62-54(50)52(60)37-48)59(44-25-15-6-16-26-44)47-33-31-45(32-34-47)57(41-19-9-3-10-20-41)42-21-11-4-12-22-42/h2-11,13-21,23-38,60-61H,12,22H2,1H3. The predicted molar refractivity (Wildman–Crippen MR) is 256 cm³/mol. The van der Waals surface area contributed by atoms with Gasteiger partial charge in [-0.3, -0.25) is 0 Å². The van der Waals surface area contributed by atoms with Crippen LogP contribution in [0.4, 0.5) is 56.9 Å². The number of allylic oxidation sites excluding steroid dienone is 4. The first-order valence-corrected chi connectivity index (χ1v) is 20.8. The minimum Gasteiger partial charge on any atom is -0.504 e. The Bertz CT molecular complexity index is 3040. The first-order valence-electron chi connectivity index (χ1n) is 20.8. The van der Waals surface area contributed by atoms with Gasteiger partial charge in [-0.15, -0.1) is 0 Å². The molecule has 0 radical (unpaired) electrons. The predicted octanol–water partition coefficient (Wildman–Crippen LogP) is 15.1. The van der Waals surface area contributed by atoms with Crippen molar-refractivity contribution in [2.45, 2.75) is 12.8 Å². The highest BCUT2D eigenvalue weighted by atomic mass is 16.4. The molecule has 1 heterocycles. The number of hydrogen-bond donors (Lipinski definition) is 2. The van der Waals surface area contributed by atoms with Crippen LogP contribution in [-0.2, 0) is 0 Å². The molecular formula is C55H44N4O3. The van der Waals surface area contributed by atoms with Crippen LogP contribution < -0.4 is 19.6 Å². The number of anilines is 10. The summed E-state index contributed by atoms with van der Waals surface area (Å²) < 4.78 is 6.27. The van der Waals surface area contributed by atoms with Crippen LogP contribution in [0.1, 0.15) is 12.8 Å². The molecule has 0 fully saturated rings. The molecule has 1 aromatic heterocycles. The van der Waals surface area contributed by atoms with Gasteiger partial charge in [-0.05, 0) is 128 Å². The van der Waals surface area contributed by atoms with Gasteiger partial charge < -0.3 is 34.2 Å². The van der Waals surface area contributed by atoms with E-state index in [1.807, 2.05) is 84.9 Å². The lowest BCUT2D eigenvalue weighted by molar-refractivity contribution is 0.457. The van der Waals surface area contributed by atoms with Crippen molar-refractivity contribution in [3.8, 4) is 11.5 Å². The fourth-order valence-corrected chi connectivity index (χ4v) is 8.43. The quantitative estimate of drug-likeness (QED) is 0.135. The Kier molecular flexibility index (Phi) is 10.1. The molecule has 9 aromatic rings. The third-order valence-corrected chi connectivity index (χ3v) is 11.4. The lowest BCUT2D eigenvalue weighted by Crippen LogP contribution is -2.17. The topological polar surface area (TPSA) is 66.6 Å². The molecule has 0 amide bonds. The van der Waals surface area contributed by atoms with E-state index in [2.05, 4.69) is 142 Å². The molecule has 10 rings (SSSR count). The second kappa shape index (κ2) is 16.5. The molecule has 2 N–H and O–H groups in total. The Morgan fingerprint density at radius 2 is 0.758 bits per heavy atom. The maximum absolute atomic E-state index is 11.7. The van der Waals surface area contributed by atoms with Gasteiger partial charge in [0.25, 0.3) is 0 Å². The Hall–Kier alpha value is -8.16. The van der Waals surface area contributed by atoms with Crippen LogP contribution in [0, 0.1) is 0 Å². The van der Waals surface area contributed by atoms with Gasteiger partial charge >= 0.3 is 0 Å². The summed E-state index contributed by atoms with van der Waals surface area (Å²) in [6, 6.07) is 65.4. The molecular weight excluding hydrogens is 765 g/mol. The van der Waals surface area contributed by atoms with Crippen LogP contribution in [-0.4, -0.2) is 17.3 Å². The minimum absolute atomic E-state index is 0.0296. The molecule has 1 aliphatic carbocycles. The van der Waals surface area contributed by atoms with Crippen molar-refractivity contribution < 1.29 is 14.6 Å². The van der Waals surface area contributed by atoms with E-state index in [4.69, 9.17) is 4.42 Å². The zero-order valence-electron chi connectivity index (χ0n) is 34.2. The van der Waals surface area contributed by atoms with Gasteiger partial charge in [0.15, 0.2) is 22.7 Å². The molecule has 0 bridgehead atoms. The molecule has 7 nitrogen and oxygen atoms in total. The molecule has 0 saturated heterocycles. The average molecular weight is 809 g/mol. The van der Waals surface area contributed by atoms with Crippen molar-refractivity contribution in [1.82, 2.24) is 0 Å². The third kappa shape index (κ3) is 7.26. The molecule has 0 unspecified atom stereocenters. The van der Waals surface area contributed by atoms with E-state index < -0.39 is 0 Å². The van der Waals surface area contributed by atoms with E-state index in [0.717, 1.165) is 69.7 Å². The van der Waals surface area contributed by atoms with E-state index in [1.54, 1.807) is 12.1 Å². The minimum atomic E-state index is -0.0298. The van der Waals surface area contributed by atoms with E-state index in [-0.39, 0.29) is 11.5 Å². The highest BCUT2D eigenvalue weighted by Gasteiger charge is 2.23. The maximum atomic E-state index is 11.7. The summed E-state index contributed by atoms with van der Waals surface area (Å²) in [5.74, 6) is -0.0594. The van der Waals surface area contributed by atoms with Crippen LogP contribution >= 0.6 is 0 Å². The van der Waals surface area contributed by atoms with Gasteiger partial charge in [-0.25, -0.2) is 0 Å². The van der Waals surface area contributed by atoms with Crippen molar-refractivity contribution in [3.63, 3.8) is 0 Å². The van der Waals surface area contributed by atoms with Crippen molar-refractivity contribution in [1.29, 1.82) is 0 Å².